The van der Waals surface area contributed by atoms with Crippen LogP contribution in [0.2, 0.25) is 0 Å². The third-order valence-corrected chi connectivity index (χ3v) is 7.07. The predicted molar refractivity (Wildman–Crippen MR) is 138 cm³/mol. The average molecular weight is 479 g/mol. The molecule has 1 N–H and O–H groups in total. The van der Waals surface area contributed by atoms with Crippen molar-refractivity contribution in [2.24, 2.45) is 0 Å². The Bertz CT molecular complexity index is 1160. The lowest BCUT2D eigenvalue weighted by Crippen LogP contribution is -2.33. The largest absolute Gasteiger partial charge is 0.491 e. The number of nitrogens with zero attached hydrogens (tertiary/aromatic N) is 3. The van der Waals surface area contributed by atoms with Crippen molar-refractivity contribution in [1.82, 2.24) is 20.4 Å². The number of ether oxygens (including phenoxy) is 1. The lowest BCUT2D eigenvalue weighted by atomic mass is 9.85. The van der Waals surface area contributed by atoms with Crippen LogP contribution in [0.4, 0.5) is 0 Å². The molecule has 0 unspecified atom stereocenters. The van der Waals surface area contributed by atoms with E-state index in [1.54, 1.807) is 11.3 Å². The van der Waals surface area contributed by atoms with Crippen molar-refractivity contribution in [2.45, 2.75) is 58.6 Å². The molecule has 1 amide bonds. The van der Waals surface area contributed by atoms with Crippen LogP contribution in [0.25, 0.3) is 21.1 Å². The Morgan fingerprint density at radius 3 is 2.74 bits per heavy atom. The van der Waals surface area contributed by atoms with E-state index >= 15 is 0 Å². The molecule has 4 rings (SSSR count). The van der Waals surface area contributed by atoms with Gasteiger partial charge in [-0.25, -0.2) is 0 Å². The van der Waals surface area contributed by atoms with E-state index < -0.39 is 0 Å². The highest BCUT2D eigenvalue weighted by Crippen LogP contribution is 2.39. The number of aromatic nitrogens is 2. The Kier molecular flexibility index (Phi) is 7.63. The van der Waals surface area contributed by atoms with E-state index in [-0.39, 0.29) is 18.1 Å². The molecule has 180 valence electrons. The number of carbonyl (C=O) groups excluding carboxylic acids is 1. The Morgan fingerprint density at radius 1 is 1.21 bits per heavy atom. The summed E-state index contributed by atoms with van der Waals surface area (Å²) in [5.41, 5.74) is 5.77. The number of benzene rings is 2. The summed E-state index contributed by atoms with van der Waals surface area (Å²) in [7, 11) is 3.97. The Hall–Kier alpha value is -2.77. The first kappa shape index (κ1) is 24.4. The van der Waals surface area contributed by atoms with Gasteiger partial charge < -0.3 is 15.0 Å². The molecule has 1 aliphatic rings. The molecule has 6 nitrogen and oxygen atoms in total. The molecule has 0 spiro atoms. The second-order valence-electron chi connectivity index (χ2n) is 9.50. The normalized spacial score (nSPS) is 15.4. The fourth-order valence-corrected chi connectivity index (χ4v) is 5.30. The van der Waals surface area contributed by atoms with Gasteiger partial charge in [-0.05, 0) is 89.0 Å². The van der Waals surface area contributed by atoms with Gasteiger partial charge in [0.15, 0.2) is 0 Å². The summed E-state index contributed by atoms with van der Waals surface area (Å²) in [6.07, 6.45) is 3.66. The Labute approximate surface area is 206 Å². The first-order chi connectivity index (χ1) is 16.3. The predicted octanol–water partition coefficient (Wildman–Crippen LogP) is 5.41. The summed E-state index contributed by atoms with van der Waals surface area (Å²) < 4.78 is 5.87. The van der Waals surface area contributed by atoms with E-state index in [9.17, 15) is 4.79 Å². The lowest BCUT2D eigenvalue weighted by molar-refractivity contribution is -0.122. The summed E-state index contributed by atoms with van der Waals surface area (Å²) >= 11 is 1.61. The molecule has 34 heavy (non-hydrogen) atoms. The number of aryl methyl sites for hydroxylation is 1. The number of rotatable bonds is 8. The molecule has 0 aliphatic heterocycles. The molecule has 2 aromatic carbocycles. The van der Waals surface area contributed by atoms with Gasteiger partial charge in [-0.3, -0.25) is 4.79 Å². The number of fused-ring (bicyclic) bond motifs is 1. The van der Waals surface area contributed by atoms with Crippen LogP contribution >= 0.6 is 11.3 Å². The van der Waals surface area contributed by atoms with Crippen molar-refractivity contribution in [1.29, 1.82) is 0 Å². The quantitative estimate of drug-likeness (QED) is 0.469. The topological polar surface area (TPSA) is 67.4 Å². The van der Waals surface area contributed by atoms with Gasteiger partial charge in [0, 0.05) is 24.1 Å². The fourth-order valence-electron chi connectivity index (χ4n) is 4.41. The zero-order chi connectivity index (χ0) is 24.2. The van der Waals surface area contributed by atoms with E-state index in [0.29, 0.717) is 6.42 Å². The van der Waals surface area contributed by atoms with Gasteiger partial charge in [0.2, 0.25) is 5.91 Å². The SMILES string of the molecule is Cc1cc(-c2nnc(-c3cccc4c3CCC[C@@H]4NC(=O)CCN(C)C)s2)ccc1OC(C)C. The standard InChI is InChI=1S/C27H34N4O2S/c1-17(2)33-24-13-12-19(16-18(24)3)26-29-30-27(34-26)22-10-6-9-21-20(22)8-7-11-23(21)28-25(32)14-15-31(4)5/h6,9-10,12-13,16-17,23H,7-8,11,14-15H2,1-5H3,(H,28,32)/t23-/m0/s1. The first-order valence-corrected chi connectivity index (χ1v) is 12.8. The van der Waals surface area contributed by atoms with Crippen LogP contribution in [0.15, 0.2) is 36.4 Å². The van der Waals surface area contributed by atoms with E-state index in [4.69, 9.17) is 4.74 Å². The van der Waals surface area contributed by atoms with E-state index in [1.165, 1.54) is 11.1 Å². The smallest absolute Gasteiger partial charge is 0.221 e. The molecule has 7 heteroatoms. The van der Waals surface area contributed by atoms with Crippen LogP contribution in [0.3, 0.4) is 0 Å². The van der Waals surface area contributed by atoms with Gasteiger partial charge in [0.1, 0.15) is 15.8 Å². The second kappa shape index (κ2) is 10.7. The van der Waals surface area contributed by atoms with Gasteiger partial charge in [-0.15, -0.1) is 10.2 Å². The second-order valence-corrected chi connectivity index (χ2v) is 10.5. The summed E-state index contributed by atoms with van der Waals surface area (Å²) in [6, 6.07) is 12.6. The minimum absolute atomic E-state index is 0.0573. The van der Waals surface area contributed by atoms with Crippen LogP contribution in [-0.4, -0.2) is 47.7 Å². The molecular weight excluding hydrogens is 444 g/mol. The van der Waals surface area contributed by atoms with Crippen LogP contribution in [-0.2, 0) is 11.2 Å². The zero-order valence-electron chi connectivity index (χ0n) is 20.7. The molecule has 0 fully saturated rings. The van der Waals surface area contributed by atoms with Crippen molar-refractivity contribution in [2.75, 3.05) is 20.6 Å². The van der Waals surface area contributed by atoms with E-state index in [1.807, 2.05) is 38.9 Å². The molecular formula is C27H34N4O2S. The number of carbonyl (C=O) groups is 1. The highest BCUT2D eigenvalue weighted by molar-refractivity contribution is 7.17. The number of nitrogens with one attached hydrogen (secondary N) is 1. The average Bonchev–Trinajstić information content (AvgIpc) is 3.29. The van der Waals surface area contributed by atoms with Crippen molar-refractivity contribution in [3.63, 3.8) is 0 Å². The zero-order valence-corrected chi connectivity index (χ0v) is 21.5. The fraction of sp³-hybridized carbons (Fsp3) is 0.444. The van der Waals surface area contributed by atoms with Gasteiger partial charge in [-0.2, -0.15) is 0 Å². The summed E-state index contributed by atoms with van der Waals surface area (Å²) in [6.45, 7) is 6.88. The van der Waals surface area contributed by atoms with Gasteiger partial charge in [0.05, 0.1) is 12.1 Å². The molecule has 0 radical (unpaired) electrons. The molecule has 0 bridgehead atoms. The van der Waals surface area contributed by atoms with Crippen LogP contribution in [0.5, 0.6) is 5.75 Å². The highest BCUT2D eigenvalue weighted by atomic mass is 32.1. The van der Waals surface area contributed by atoms with Gasteiger partial charge in [0.25, 0.3) is 0 Å². The van der Waals surface area contributed by atoms with Crippen LogP contribution in [0.1, 0.15) is 55.8 Å². The third kappa shape index (κ3) is 5.65. The molecule has 1 atom stereocenters. The summed E-state index contributed by atoms with van der Waals surface area (Å²) in [4.78, 5) is 14.5. The third-order valence-electron chi connectivity index (χ3n) is 6.07. The van der Waals surface area contributed by atoms with Gasteiger partial charge >= 0.3 is 0 Å². The van der Waals surface area contributed by atoms with Crippen molar-refractivity contribution >= 4 is 17.2 Å². The molecule has 3 aromatic rings. The Balaban J connectivity index is 1.57. The van der Waals surface area contributed by atoms with Crippen molar-refractivity contribution < 1.29 is 9.53 Å². The van der Waals surface area contributed by atoms with E-state index in [0.717, 1.165) is 58.3 Å². The van der Waals surface area contributed by atoms with Crippen LogP contribution < -0.4 is 10.1 Å². The number of hydrogen-bond donors (Lipinski definition) is 1. The Morgan fingerprint density at radius 2 is 2.00 bits per heavy atom. The van der Waals surface area contributed by atoms with E-state index in [2.05, 4.69) is 52.8 Å². The minimum Gasteiger partial charge on any atom is -0.491 e. The summed E-state index contributed by atoms with van der Waals surface area (Å²) in [5, 5.41) is 14.1. The highest BCUT2D eigenvalue weighted by Gasteiger charge is 2.25. The molecule has 0 saturated carbocycles. The monoisotopic (exact) mass is 478 g/mol. The minimum atomic E-state index is 0.0573. The molecule has 0 saturated heterocycles. The number of hydrogen-bond acceptors (Lipinski definition) is 6. The molecule has 1 aromatic heterocycles. The maximum absolute atomic E-state index is 12.5. The molecule has 1 heterocycles. The molecule has 1 aliphatic carbocycles. The first-order valence-electron chi connectivity index (χ1n) is 12.0. The summed E-state index contributed by atoms with van der Waals surface area (Å²) in [5.74, 6) is 1.01. The maximum atomic E-state index is 12.5. The lowest BCUT2D eigenvalue weighted by Gasteiger charge is -2.28. The van der Waals surface area contributed by atoms with Gasteiger partial charge in [-0.1, -0.05) is 29.5 Å². The number of amides is 1. The maximum Gasteiger partial charge on any atom is 0.221 e. The van der Waals surface area contributed by atoms with Crippen LogP contribution in [0, 0.1) is 6.92 Å². The van der Waals surface area contributed by atoms with Crippen molar-refractivity contribution in [3.8, 4) is 26.9 Å². The van der Waals surface area contributed by atoms with Crippen molar-refractivity contribution in [3.05, 3.63) is 53.1 Å².